The fraction of sp³-hybridized carbons (Fsp3) is 0.500. The van der Waals surface area contributed by atoms with E-state index in [-0.39, 0.29) is 11.8 Å². The van der Waals surface area contributed by atoms with Gasteiger partial charge in [-0.15, -0.1) is 0 Å². The van der Waals surface area contributed by atoms with Gasteiger partial charge in [0, 0.05) is 12.3 Å². The van der Waals surface area contributed by atoms with E-state index in [2.05, 4.69) is 20.1 Å². The van der Waals surface area contributed by atoms with Crippen molar-refractivity contribution in [3.63, 3.8) is 0 Å². The molecule has 1 N–H and O–H groups in total. The van der Waals surface area contributed by atoms with E-state index in [9.17, 15) is 19.5 Å². The molecule has 5 heteroatoms. The van der Waals surface area contributed by atoms with Crippen LogP contribution in [0.15, 0.2) is 54.6 Å². The van der Waals surface area contributed by atoms with Crippen molar-refractivity contribution in [1.82, 2.24) is 0 Å². The molecule has 31 heavy (non-hydrogen) atoms. The predicted octanol–water partition coefficient (Wildman–Crippen LogP) is 5.22. The first-order chi connectivity index (χ1) is 14.6. The summed E-state index contributed by atoms with van der Waals surface area (Å²) in [6.45, 7) is 12.0. The number of benzene rings is 1. The van der Waals surface area contributed by atoms with Crippen LogP contribution in [0.4, 0.5) is 0 Å². The number of hydrogen-bond donors (Lipinski definition) is 1. The monoisotopic (exact) mass is 424 g/mol. The Hall–Kier alpha value is -2.69. The molecule has 0 unspecified atom stereocenters. The van der Waals surface area contributed by atoms with Gasteiger partial charge in [0.15, 0.2) is 0 Å². The fourth-order valence-corrected chi connectivity index (χ4v) is 6.14. The number of hydrogen-bond acceptors (Lipinski definition) is 4. The summed E-state index contributed by atoms with van der Waals surface area (Å²) in [4.78, 5) is 36.4. The van der Waals surface area contributed by atoms with E-state index in [0.717, 1.165) is 24.7 Å². The summed E-state index contributed by atoms with van der Waals surface area (Å²) in [6.07, 6.45) is 4.05. The number of carboxylic acid groups (broad SMARTS) is 1. The minimum absolute atomic E-state index is 0.0415. The van der Waals surface area contributed by atoms with Gasteiger partial charge in [0.2, 0.25) is 0 Å². The number of carbonyl (C=O) groups excluding carboxylic acids is 2. The maximum absolute atomic E-state index is 12.9. The quantitative estimate of drug-likeness (QED) is 0.281. The highest BCUT2D eigenvalue weighted by atomic mass is 16.5. The van der Waals surface area contributed by atoms with E-state index in [1.54, 1.807) is 31.2 Å². The second-order valence-electron chi connectivity index (χ2n) is 9.60. The molecule has 0 saturated heterocycles. The second kappa shape index (κ2) is 8.81. The summed E-state index contributed by atoms with van der Waals surface area (Å²) in [6, 6.07) is 8.78. The van der Waals surface area contributed by atoms with Crippen molar-refractivity contribution in [2.75, 3.05) is 0 Å². The lowest BCUT2D eigenvalue weighted by Crippen LogP contribution is -2.59. The largest absolute Gasteiger partial charge is 0.481 e. The average Bonchev–Trinajstić information content (AvgIpc) is 2.73. The highest BCUT2D eigenvalue weighted by Crippen LogP contribution is 2.62. The molecule has 2 aliphatic carbocycles. The Balaban J connectivity index is 1.98. The molecule has 0 spiro atoms. The van der Waals surface area contributed by atoms with Crippen LogP contribution in [0.1, 0.15) is 62.7 Å². The van der Waals surface area contributed by atoms with Crippen molar-refractivity contribution < 1.29 is 24.2 Å². The van der Waals surface area contributed by atoms with Gasteiger partial charge in [0.1, 0.15) is 12.4 Å². The minimum Gasteiger partial charge on any atom is -0.481 e. The van der Waals surface area contributed by atoms with Crippen LogP contribution in [0.25, 0.3) is 0 Å². The van der Waals surface area contributed by atoms with Crippen molar-refractivity contribution >= 4 is 18.2 Å². The zero-order chi connectivity index (χ0) is 22.8. The van der Waals surface area contributed by atoms with Gasteiger partial charge in [-0.25, -0.2) is 4.79 Å². The summed E-state index contributed by atoms with van der Waals surface area (Å²) in [5.41, 5.74) is 0.535. The first-order valence-corrected chi connectivity index (χ1v) is 10.9. The predicted molar refractivity (Wildman–Crippen MR) is 119 cm³/mol. The van der Waals surface area contributed by atoms with Crippen LogP contribution in [-0.4, -0.2) is 29.4 Å². The first-order valence-electron chi connectivity index (χ1n) is 10.9. The molecular weight excluding hydrogens is 392 g/mol. The van der Waals surface area contributed by atoms with Gasteiger partial charge in [-0.2, -0.15) is 0 Å². The number of aldehydes is 1. The Bertz CT molecular complexity index is 888. The zero-order valence-corrected chi connectivity index (χ0v) is 18.4. The first kappa shape index (κ1) is 23.0. The second-order valence-corrected chi connectivity index (χ2v) is 9.60. The van der Waals surface area contributed by atoms with Crippen molar-refractivity contribution in [1.29, 1.82) is 0 Å². The fourth-order valence-electron chi connectivity index (χ4n) is 6.14. The van der Waals surface area contributed by atoms with Gasteiger partial charge in [0.05, 0.1) is 11.0 Å². The van der Waals surface area contributed by atoms with E-state index in [1.807, 2.05) is 6.07 Å². The summed E-state index contributed by atoms with van der Waals surface area (Å²) < 4.78 is 5.99. The molecule has 0 heterocycles. The molecule has 5 atom stereocenters. The number of fused-ring (bicyclic) bond motifs is 1. The lowest BCUT2D eigenvalue weighted by Gasteiger charge is -2.59. The van der Waals surface area contributed by atoms with E-state index in [0.29, 0.717) is 36.8 Å². The van der Waals surface area contributed by atoms with Gasteiger partial charge in [-0.05, 0) is 61.6 Å². The molecule has 5 nitrogen and oxygen atoms in total. The number of ether oxygens (including phenoxy) is 1. The lowest BCUT2D eigenvalue weighted by atomic mass is 9.45. The molecule has 166 valence electrons. The normalized spacial score (nSPS) is 32.6. The van der Waals surface area contributed by atoms with Crippen molar-refractivity contribution in [3.8, 4) is 0 Å². The van der Waals surface area contributed by atoms with Gasteiger partial charge in [-0.1, -0.05) is 50.3 Å². The third kappa shape index (κ3) is 4.23. The molecule has 3 rings (SSSR count). The minimum atomic E-state index is -1.00. The Morgan fingerprint density at radius 1 is 1.23 bits per heavy atom. The van der Waals surface area contributed by atoms with E-state index >= 15 is 0 Å². The van der Waals surface area contributed by atoms with Crippen LogP contribution in [0.2, 0.25) is 0 Å². The molecular formula is C26H32O5. The molecule has 1 aromatic carbocycles. The molecule has 0 amide bonds. The summed E-state index contributed by atoms with van der Waals surface area (Å²) in [5.74, 6) is -1.60. The summed E-state index contributed by atoms with van der Waals surface area (Å²) >= 11 is 0. The Morgan fingerprint density at radius 3 is 2.52 bits per heavy atom. The maximum Gasteiger partial charge on any atom is 0.338 e. The molecule has 2 saturated carbocycles. The van der Waals surface area contributed by atoms with Crippen molar-refractivity contribution in [2.45, 2.75) is 58.5 Å². The van der Waals surface area contributed by atoms with E-state index < -0.39 is 28.9 Å². The van der Waals surface area contributed by atoms with Crippen LogP contribution in [0, 0.1) is 22.7 Å². The third-order valence-electron chi connectivity index (χ3n) is 7.61. The smallest absolute Gasteiger partial charge is 0.338 e. The van der Waals surface area contributed by atoms with Gasteiger partial charge in [0.25, 0.3) is 0 Å². The number of esters is 1. The Kier molecular flexibility index (Phi) is 6.54. The topological polar surface area (TPSA) is 80.7 Å². The lowest BCUT2D eigenvalue weighted by molar-refractivity contribution is -0.177. The number of rotatable bonds is 7. The SMILES string of the molecule is C=C(C=O)CC[C@@H]1C(=C)C[C@@H](OC(=O)c2ccccc2)[C@H]2[C@]1(C)CCC[C@]2(C)C(=O)O. The highest BCUT2D eigenvalue weighted by Gasteiger charge is 2.61. The molecule has 0 aliphatic heterocycles. The van der Waals surface area contributed by atoms with Crippen molar-refractivity contribution in [2.24, 2.45) is 22.7 Å². The van der Waals surface area contributed by atoms with Gasteiger partial charge in [-0.3, -0.25) is 9.59 Å². The molecule has 0 radical (unpaired) electrons. The van der Waals surface area contributed by atoms with Crippen LogP contribution in [-0.2, 0) is 14.3 Å². The Labute approximate surface area is 184 Å². The van der Waals surface area contributed by atoms with Crippen LogP contribution in [0.3, 0.4) is 0 Å². The number of aliphatic carboxylic acids is 1. The highest BCUT2D eigenvalue weighted by molar-refractivity contribution is 5.89. The average molecular weight is 425 g/mol. The van der Waals surface area contributed by atoms with E-state index in [4.69, 9.17) is 4.74 Å². The van der Waals surface area contributed by atoms with Crippen LogP contribution in [0.5, 0.6) is 0 Å². The zero-order valence-electron chi connectivity index (χ0n) is 18.4. The molecule has 0 aromatic heterocycles. The number of allylic oxidation sites excluding steroid dienone is 1. The molecule has 1 aromatic rings. The van der Waals surface area contributed by atoms with Gasteiger partial charge < -0.3 is 9.84 Å². The third-order valence-corrected chi connectivity index (χ3v) is 7.61. The van der Waals surface area contributed by atoms with Crippen LogP contribution >= 0.6 is 0 Å². The van der Waals surface area contributed by atoms with Crippen molar-refractivity contribution in [3.05, 3.63) is 60.2 Å². The molecule has 2 aliphatic rings. The summed E-state index contributed by atoms with van der Waals surface area (Å²) in [5, 5.41) is 10.2. The molecule has 2 fully saturated rings. The van der Waals surface area contributed by atoms with Crippen LogP contribution < -0.4 is 0 Å². The maximum atomic E-state index is 12.9. The van der Waals surface area contributed by atoms with E-state index in [1.165, 1.54) is 0 Å². The van der Waals surface area contributed by atoms with Gasteiger partial charge >= 0.3 is 11.9 Å². The number of carboxylic acids is 1. The standard InChI is InChI=1S/C26H32O5/c1-17(16-27)11-12-20-18(2)15-21(31-23(28)19-9-6-5-7-10-19)22-25(20,3)13-8-14-26(22,4)24(29)30/h5-7,9-10,16,20-22H,1-2,8,11-15H2,3-4H3,(H,29,30)/t20-,21-,22+,25-,26+/m1/s1. The number of carbonyl (C=O) groups is 3. The summed E-state index contributed by atoms with van der Waals surface area (Å²) in [7, 11) is 0. The molecule has 0 bridgehead atoms. The Morgan fingerprint density at radius 2 is 1.90 bits per heavy atom.